The molecule has 0 amide bonds. The number of halogens is 1. The molecule has 0 radical (unpaired) electrons. The Balaban J connectivity index is 1.78. The van der Waals surface area contributed by atoms with Gasteiger partial charge in [0.15, 0.2) is 0 Å². The highest BCUT2D eigenvalue weighted by Gasteiger charge is 2.20. The lowest BCUT2D eigenvalue weighted by atomic mass is 10.0. The van der Waals surface area contributed by atoms with Crippen LogP contribution in [0.4, 0.5) is 0 Å². The lowest BCUT2D eigenvalue weighted by Crippen LogP contribution is -2.16. The van der Waals surface area contributed by atoms with Crippen LogP contribution in [0, 0.1) is 0 Å². The van der Waals surface area contributed by atoms with E-state index in [1.807, 2.05) is 17.6 Å². The summed E-state index contributed by atoms with van der Waals surface area (Å²) in [5.41, 5.74) is 2.62. The normalized spacial score (nSPS) is 14.9. The Morgan fingerprint density at radius 2 is 2.22 bits per heavy atom. The average Bonchev–Trinajstić information content (AvgIpc) is 3.05. The van der Waals surface area contributed by atoms with Crippen molar-refractivity contribution >= 4 is 22.9 Å². The highest BCUT2D eigenvalue weighted by atomic mass is 35.5. The van der Waals surface area contributed by atoms with Crippen LogP contribution in [0.5, 0.6) is 0 Å². The molecule has 0 aliphatic heterocycles. The second-order valence-electron chi connectivity index (χ2n) is 4.67. The van der Waals surface area contributed by atoms with Gasteiger partial charge in [0.05, 0.1) is 5.01 Å². The third-order valence-electron chi connectivity index (χ3n) is 3.15. The first-order chi connectivity index (χ1) is 8.81. The molecule has 0 atom stereocenters. The van der Waals surface area contributed by atoms with E-state index in [9.17, 15) is 0 Å². The highest BCUT2D eigenvalue weighted by Crippen LogP contribution is 2.23. The van der Waals surface area contributed by atoms with Gasteiger partial charge < -0.3 is 5.32 Å². The molecule has 18 heavy (non-hydrogen) atoms. The molecule has 1 N–H and O–H groups in total. The number of nitrogens with one attached hydrogen (secondary N) is 1. The number of aromatic nitrogens is 1. The molecule has 1 aliphatic rings. The predicted octanol–water partition coefficient (Wildman–Crippen LogP) is 3.64. The van der Waals surface area contributed by atoms with E-state index in [-0.39, 0.29) is 0 Å². The van der Waals surface area contributed by atoms with Crippen LogP contribution < -0.4 is 5.32 Å². The number of benzene rings is 1. The predicted molar refractivity (Wildman–Crippen MR) is 76.2 cm³/mol. The fraction of sp³-hybridized carbons (Fsp3) is 0.357. The molecule has 1 heterocycles. The van der Waals surface area contributed by atoms with Gasteiger partial charge >= 0.3 is 0 Å². The molecule has 4 heteroatoms. The maximum atomic E-state index is 6.09. The lowest BCUT2D eigenvalue weighted by Gasteiger charge is -2.10. The van der Waals surface area contributed by atoms with Gasteiger partial charge in [-0.2, -0.15) is 0 Å². The first-order valence-corrected chi connectivity index (χ1v) is 7.46. The SMILES string of the molecule is Clc1ccc(CNC2CC2)c(Cc2nccs2)c1. The molecular formula is C14H15ClN2S. The Hall–Kier alpha value is -0.900. The van der Waals surface area contributed by atoms with Gasteiger partial charge in [-0.3, -0.25) is 0 Å². The minimum Gasteiger partial charge on any atom is -0.310 e. The van der Waals surface area contributed by atoms with Crippen molar-refractivity contribution in [2.75, 3.05) is 0 Å². The van der Waals surface area contributed by atoms with Crippen molar-refractivity contribution in [3.8, 4) is 0 Å². The summed E-state index contributed by atoms with van der Waals surface area (Å²) in [5, 5.41) is 7.51. The monoisotopic (exact) mass is 278 g/mol. The summed E-state index contributed by atoms with van der Waals surface area (Å²) >= 11 is 7.79. The zero-order chi connectivity index (χ0) is 12.4. The second-order valence-corrected chi connectivity index (χ2v) is 6.09. The number of nitrogens with zero attached hydrogens (tertiary/aromatic N) is 1. The van der Waals surface area contributed by atoms with Crippen molar-refractivity contribution in [1.82, 2.24) is 10.3 Å². The molecule has 1 fully saturated rings. The van der Waals surface area contributed by atoms with E-state index >= 15 is 0 Å². The van der Waals surface area contributed by atoms with E-state index < -0.39 is 0 Å². The standard InChI is InChI=1S/C14H15ClN2S/c15-12-2-1-10(9-17-13-3-4-13)11(7-12)8-14-16-5-6-18-14/h1-2,5-7,13,17H,3-4,8-9H2. The second kappa shape index (κ2) is 5.39. The van der Waals surface area contributed by atoms with Crippen molar-refractivity contribution < 1.29 is 0 Å². The van der Waals surface area contributed by atoms with Crippen molar-refractivity contribution in [3.63, 3.8) is 0 Å². The number of hydrogen-bond donors (Lipinski definition) is 1. The molecule has 1 aromatic heterocycles. The minimum atomic E-state index is 0.730. The summed E-state index contributed by atoms with van der Waals surface area (Å²) < 4.78 is 0. The van der Waals surface area contributed by atoms with Crippen LogP contribution in [0.25, 0.3) is 0 Å². The van der Waals surface area contributed by atoms with Crippen LogP contribution >= 0.6 is 22.9 Å². The summed E-state index contributed by atoms with van der Waals surface area (Å²) in [6, 6.07) is 6.89. The van der Waals surface area contributed by atoms with E-state index in [2.05, 4.69) is 22.4 Å². The van der Waals surface area contributed by atoms with Gasteiger partial charge in [0.25, 0.3) is 0 Å². The molecule has 1 saturated carbocycles. The third kappa shape index (κ3) is 3.10. The number of hydrogen-bond acceptors (Lipinski definition) is 3. The van der Waals surface area contributed by atoms with Crippen molar-refractivity contribution in [2.24, 2.45) is 0 Å². The quantitative estimate of drug-likeness (QED) is 0.903. The molecule has 0 bridgehead atoms. The van der Waals surface area contributed by atoms with Crippen LogP contribution in [0.2, 0.25) is 5.02 Å². The Morgan fingerprint density at radius 1 is 1.33 bits per heavy atom. The maximum absolute atomic E-state index is 6.09. The lowest BCUT2D eigenvalue weighted by molar-refractivity contribution is 0.683. The fourth-order valence-corrected chi connectivity index (χ4v) is 2.81. The Labute approximate surface area is 116 Å². The largest absolute Gasteiger partial charge is 0.310 e. The Kier molecular flexibility index (Phi) is 3.64. The molecule has 2 nitrogen and oxygen atoms in total. The fourth-order valence-electron chi connectivity index (χ4n) is 1.98. The number of thiazole rings is 1. The van der Waals surface area contributed by atoms with E-state index in [0.717, 1.165) is 29.0 Å². The van der Waals surface area contributed by atoms with Gasteiger partial charge in [0, 0.05) is 35.6 Å². The van der Waals surface area contributed by atoms with Crippen molar-refractivity contribution in [2.45, 2.75) is 31.8 Å². The van der Waals surface area contributed by atoms with Gasteiger partial charge in [-0.15, -0.1) is 11.3 Å². The van der Waals surface area contributed by atoms with Gasteiger partial charge in [0.2, 0.25) is 0 Å². The van der Waals surface area contributed by atoms with E-state index in [0.29, 0.717) is 0 Å². The Bertz CT molecular complexity index is 521. The zero-order valence-electron chi connectivity index (χ0n) is 10.0. The van der Waals surface area contributed by atoms with Gasteiger partial charge in [-0.05, 0) is 36.1 Å². The van der Waals surface area contributed by atoms with Crippen LogP contribution in [0.3, 0.4) is 0 Å². The minimum absolute atomic E-state index is 0.730. The first-order valence-electron chi connectivity index (χ1n) is 6.20. The van der Waals surface area contributed by atoms with E-state index in [1.165, 1.54) is 24.0 Å². The van der Waals surface area contributed by atoms with Gasteiger partial charge in [-0.25, -0.2) is 4.98 Å². The zero-order valence-corrected chi connectivity index (χ0v) is 11.6. The van der Waals surface area contributed by atoms with Crippen molar-refractivity contribution in [3.05, 3.63) is 50.9 Å². The summed E-state index contributed by atoms with van der Waals surface area (Å²) in [6.45, 7) is 0.933. The molecular weight excluding hydrogens is 264 g/mol. The van der Waals surface area contributed by atoms with E-state index in [4.69, 9.17) is 11.6 Å². The average molecular weight is 279 g/mol. The van der Waals surface area contributed by atoms with E-state index in [1.54, 1.807) is 11.3 Å². The molecule has 1 aromatic carbocycles. The van der Waals surface area contributed by atoms with Crippen LogP contribution in [-0.2, 0) is 13.0 Å². The Morgan fingerprint density at radius 3 is 2.94 bits per heavy atom. The van der Waals surface area contributed by atoms with Crippen molar-refractivity contribution in [1.29, 1.82) is 0 Å². The summed E-state index contributed by atoms with van der Waals surface area (Å²) in [7, 11) is 0. The summed E-state index contributed by atoms with van der Waals surface area (Å²) in [4.78, 5) is 4.34. The smallest absolute Gasteiger partial charge is 0.0968 e. The molecule has 0 spiro atoms. The molecule has 2 aromatic rings. The van der Waals surface area contributed by atoms with Crippen LogP contribution in [0.15, 0.2) is 29.8 Å². The molecule has 94 valence electrons. The molecule has 0 unspecified atom stereocenters. The molecule has 0 saturated heterocycles. The third-order valence-corrected chi connectivity index (χ3v) is 4.17. The molecule has 3 rings (SSSR count). The number of rotatable bonds is 5. The molecule has 1 aliphatic carbocycles. The maximum Gasteiger partial charge on any atom is 0.0968 e. The van der Waals surface area contributed by atoms with Gasteiger partial charge in [-0.1, -0.05) is 17.7 Å². The first kappa shape index (κ1) is 12.2. The van der Waals surface area contributed by atoms with Crippen LogP contribution in [-0.4, -0.2) is 11.0 Å². The van der Waals surface area contributed by atoms with Crippen LogP contribution in [0.1, 0.15) is 29.0 Å². The highest BCUT2D eigenvalue weighted by molar-refractivity contribution is 7.09. The summed E-state index contributed by atoms with van der Waals surface area (Å²) in [6.07, 6.45) is 5.36. The topological polar surface area (TPSA) is 24.9 Å². The summed E-state index contributed by atoms with van der Waals surface area (Å²) in [5.74, 6) is 0. The van der Waals surface area contributed by atoms with Gasteiger partial charge in [0.1, 0.15) is 0 Å².